The second-order valence-electron chi connectivity index (χ2n) is 4.67. The Bertz CT molecular complexity index is 326. The zero-order valence-electron chi connectivity index (χ0n) is 10.3. The van der Waals surface area contributed by atoms with Crippen molar-refractivity contribution in [1.29, 1.82) is 0 Å². The van der Waals surface area contributed by atoms with Gasteiger partial charge in [-0.25, -0.2) is 4.79 Å². The molecular weight excluding hydrogens is 252 g/mol. The molecular formula is C11H20N4O2S. The van der Waals surface area contributed by atoms with E-state index in [0.29, 0.717) is 11.7 Å². The molecule has 2 rings (SSSR count). The van der Waals surface area contributed by atoms with Crippen molar-refractivity contribution in [1.82, 2.24) is 16.0 Å². The molecule has 6 nitrogen and oxygen atoms in total. The Labute approximate surface area is 111 Å². The van der Waals surface area contributed by atoms with Crippen LogP contribution >= 0.6 is 11.8 Å². The number of hydrogen-bond donors (Lipinski definition) is 4. The van der Waals surface area contributed by atoms with E-state index in [4.69, 9.17) is 5.73 Å². The molecule has 102 valence electrons. The maximum absolute atomic E-state index is 11.2. The SMILES string of the molecule is NCNC(=O)CCCCC1SC[C@@H]2NC(=O)N[C@H]12. The maximum Gasteiger partial charge on any atom is 0.315 e. The van der Waals surface area contributed by atoms with Gasteiger partial charge in [-0.15, -0.1) is 0 Å². The molecule has 2 aliphatic rings. The normalized spacial score (nSPS) is 29.6. The van der Waals surface area contributed by atoms with Crippen LogP contribution in [0.5, 0.6) is 0 Å². The minimum atomic E-state index is -0.0439. The van der Waals surface area contributed by atoms with E-state index in [1.165, 1.54) is 0 Å². The fourth-order valence-corrected chi connectivity index (χ4v) is 4.02. The fourth-order valence-electron chi connectivity index (χ4n) is 2.48. The monoisotopic (exact) mass is 272 g/mol. The lowest BCUT2D eigenvalue weighted by Crippen LogP contribution is -2.36. The van der Waals surface area contributed by atoms with E-state index in [0.717, 1.165) is 25.0 Å². The highest BCUT2D eigenvalue weighted by molar-refractivity contribution is 8.00. The van der Waals surface area contributed by atoms with Gasteiger partial charge < -0.3 is 21.7 Å². The van der Waals surface area contributed by atoms with Crippen LogP contribution in [0.15, 0.2) is 0 Å². The number of rotatable bonds is 6. The van der Waals surface area contributed by atoms with E-state index in [1.54, 1.807) is 0 Å². The predicted octanol–water partition coefficient (Wildman–Crippen LogP) is -0.255. The van der Waals surface area contributed by atoms with Gasteiger partial charge in [0.25, 0.3) is 0 Å². The van der Waals surface area contributed by atoms with Crippen LogP contribution in [-0.2, 0) is 4.79 Å². The molecule has 2 heterocycles. The summed E-state index contributed by atoms with van der Waals surface area (Å²) < 4.78 is 0. The predicted molar refractivity (Wildman–Crippen MR) is 71.2 cm³/mol. The van der Waals surface area contributed by atoms with Crippen molar-refractivity contribution < 1.29 is 9.59 Å². The van der Waals surface area contributed by atoms with Crippen LogP contribution in [0.2, 0.25) is 0 Å². The first kappa shape index (κ1) is 13.5. The van der Waals surface area contributed by atoms with Gasteiger partial charge in [-0.05, 0) is 12.8 Å². The van der Waals surface area contributed by atoms with Crippen LogP contribution in [0.1, 0.15) is 25.7 Å². The number of hydrogen-bond acceptors (Lipinski definition) is 4. The topological polar surface area (TPSA) is 96.2 Å². The van der Waals surface area contributed by atoms with Gasteiger partial charge >= 0.3 is 6.03 Å². The van der Waals surface area contributed by atoms with Gasteiger partial charge in [0.05, 0.1) is 18.8 Å². The zero-order valence-corrected chi connectivity index (χ0v) is 11.1. The van der Waals surface area contributed by atoms with Crippen molar-refractivity contribution in [2.45, 2.75) is 43.0 Å². The lowest BCUT2D eigenvalue weighted by atomic mass is 10.0. The third kappa shape index (κ3) is 3.29. The van der Waals surface area contributed by atoms with Crippen LogP contribution in [0.4, 0.5) is 4.79 Å². The van der Waals surface area contributed by atoms with Crippen molar-refractivity contribution in [3.05, 3.63) is 0 Å². The third-order valence-electron chi connectivity index (χ3n) is 3.38. The number of fused-ring (bicyclic) bond motifs is 1. The quantitative estimate of drug-likeness (QED) is 0.304. The zero-order chi connectivity index (χ0) is 13.0. The Balaban J connectivity index is 1.62. The first-order valence-electron chi connectivity index (χ1n) is 6.36. The van der Waals surface area contributed by atoms with E-state index in [2.05, 4.69) is 16.0 Å². The molecule has 2 fully saturated rings. The van der Waals surface area contributed by atoms with Crippen LogP contribution < -0.4 is 21.7 Å². The Morgan fingerprint density at radius 2 is 2.28 bits per heavy atom. The summed E-state index contributed by atoms with van der Waals surface area (Å²) in [5, 5.41) is 8.95. The van der Waals surface area contributed by atoms with Gasteiger partial charge in [-0.2, -0.15) is 11.8 Å². The van der Waals surface area contributed by atoms with Crippen LogP contribution in [0.25, 0.3) is 0 Å². The second kappa shape index (κ2) is 6.29. The summed E-state index contributed by atoms with van der Waals surface area (Å²) in [6.07, 6.45) is 3.47. The molecule has 5 N–H and O–H groups in total. The van der Waals surface area contributed by atoms with E-state index in [9.17, 15) is 9.59 Å². The molecule has 0 radical (unpaired) electrons. The summed E-state index contributed by atoms with van der Waals surface area (Å²) in [6, 6.07) is 0.506. The summed E-state index contributed by atoms with van der Waals surface area (Å²) in [6.45, 7) is 0.207. The van der Waals surface area contributed by atoms with Gasteiger partial charge in [0.15, 0.2) is 0 Å². The lowest BCUT2D eigenvalue weighted by molar-refractivity contribution is -0.121. The highest BCUT2D eigenvalue weighted by Crippen LogP contribution is 2.33. The van der Waals surface area contributed by atoms with Gasteiger partial charge in [0.1, 0.15) is 0 Å². The van der Waals surface area contributed by atoms with Gasteiger partial charge in [0.2, 0.25) is 5.91 Å². The van der Waals surface area contributed by atoms with Crippen molar-refractivity contribution in [3.8, 4) is 0 Å². The molecule has 7 heteroatoms. The van der Waals surface area contributed by atoms with Crippen molar-refractivity contribution in [2.24, 2.45) is 5.73 Å². The Hall–Kier alpha value is -0.950. The average molecular weight is 272 g/mol. The summed E-state index contributed by atoms with van der Waals surface area (Å²) in [4.78, 5) is 22.4. The molecule has 0 aromatic rings. The Kier molecular flexibility index (Phi) is 4.71. The van der Waals surface area contributed by atoms with Gasteiger partial charge in [0, 0.05) is 17.4 Å². The molecule has 2 saturated heterocycles. The molecule has 0 aromatic heterocycles. The lowest BCUT2D eigenvalue weighted by Gasteiger charge is -2.16. The summed E-state index contributed by atoms with van der Waals surface area (Å²) in [5.41, 5.74) is 5.22. The number of carbonyl (C=O) groups excluding carboxylic acids is 2. The summed E-state index contributed by atoms with van der Waals surface area (Å²) in [7, 11) is 0. The fraction of sp³-hybridized carbons (Fsp3) is 0.818. The van der Waals surface area contributed by atoms with Crippen LogP contribution in [0.3, 0.4) is 0 Å². The highest BCUT2D eigenvalue weighted by atomic mass is 32.2. The van der Waals surface area contributed by atoms with Crippen molar-refractivity contribution in [3.63, 3.8) is 0 Å². The molecule has 0 aromatic carbocycles. The smallest absolute Gasteiger partial charge is 0.315 e. The molecule has 0 bridgehead atoms. The largest absolute Gasteiger partial charge is 0.344 e. The summed E-state index contributed by atoms with van der Waals surface area (Å²) in [5.74, 6) is 1.01. The molecule has 0 saturated carbocycles. The van der Waals surface area contributed by atoms with E-state index in [1.807, 2.05) is 11.8 Å². The number of nitrogens with two attached hydrogens (primary N) is 1. The van der Waals surface area contributed by atoms with Gasteiger partial charge in [-0.3, -0.25) is 4.79 Å². The second-order valence-corrected chi connectivity index (χ2v) is 5.94. The first-order valence-corrected chi connectivity index (χ1v) is 7.41. The number of thioether (sulfide) groups is 1. The number of amides is 3. The molecule has 3 amide bonds. The molecule has 0 spiro atoms. The number of unbranched alkanes of at least 4 members (excludes halogenated alkanes) is 1. The molecule has 0 aliphatic carbocycles. The van der Waals surface area contributed by atoms with Crippen molar-refractivity contribution >= 4 is 23.7 Å². The van der Waals surface area contributed by atoms with Crippen LogP contribution in [-0.4, -0.2) is 41.7 Å². The number of carbonyl (C=O) groups is 2. The van der Waals surface area contributed by atoms with Gasteiger partial charge in [-0.1, -0.05) is 6.42 Å². The molecule has 18 heavy (non-hydrogen) atoms. The third-order valence-corrected chi connectivity index (χ3v) is 4.89. The highest BCUT2D eigenvalue weighted by Gasteiger charge is 2.42. The average Bonchev–Trinajstić information content (AvgIpc) is 2.85. The number of urea groups is 1. The minimum absolute atomic E-state index is 0.0188. The standard InChI is InChI=1S/C11H20N4O2S/c12-6-13-9(16)4-2-1-3-8-10-7(5-18-8)14-11(17)15-10/h7-8,10H,1-6,12H2,(H,13,16)(H2,14,15,17)/t7-,8?,10-/m0/s1. The van der Waals surface area contributed by atoms with E-state index < -0.39 is 0 Å². The van der Waals surface area contributed by atoms with E-state index >= 15 is 0 Å². The Morgan fingerprint density at radius 3 is 3.06 bits per heavy atom. The maximum atomic E-state index is 11.2. The Morgan fingerprint density at radius 1 is 1.44 bits per heavy atom. The molecule has 1 unspecified atom stereocenters. The van der Waals surface area contributed by atoms with Crippen molar-refractivity contribution in [2.75, 3.05) is 12.4 Å². The van der Waals surface area contributed by atoms with Crippen LogP contribution in [0, 0.1) is 0 Å². The first-order chi connectivity index (χ1) is 8.70. The molecule has 3 atom stereocenters. The summed E-state index contributed by atoms with van der Waals surface area (Å²) >= 11 is 1.91. The molecule has 2 aliphatic heterocycles. The minimum Gasteiger partial charge on any atom is -0.344 e. The van der Waals surface area contributed by atoms with E-state index in [-0.39, 0.29) is 30.7 Å². The number of nitrogens with one attached hydrogen (secondary N) is 3.